The van der Waals surface area contributed by atoms with E-state index in [0.29, 0.717) is 6.54 Å². The molecule has 4 nitrogen and oxygen atoms in total. The number of hydrogen-bond donors (Lipinski definition) is 0. The molecular formula is C10H17NO3. The average molecular weight is 199 g/mol. The van der Waals surface area contributed by atoms with Crippen LogP contribution in [0.2, 0.25) is 0 Å². The Labute approximate surface area is 84.2 Å². The molecular weight excluding hydrogens is 182 g/mol. The number of ether oxygens (including phenoxy) is 1. The van der Waals surface area contributed by atoms with E-state index in [1.807, 2.05) is 6.92 Å². The lowest BCUT2D eigenvalue weighted by Gasteiger charge is -2.36. The van der Waals surface area contributed by atoms with Crippen LogP contribution in [0, 0.1) is 5.92 Å². The molecule has 1 saturated heterocycles. The Bertz CT molecular complexity index is 240. The highest BCUT2D eigenvalue weighted by atomic mass is 16.5. The third-order valence-corrected chi connectivity index (χ3v) is 2.82. The normalized spacial score (nSPS) is 27.2. The number of methoxy groups -OCH3 is 1. The summed E-state index contributed by atoms with van der Waals surface area (Å²) in [7, 11) is 1.39. The number of likely N-dealkylation sites (tertiary alicyclic amines) is 1. The van der Waals surface area contributed by atoms with Gasteiger partial charge < -0.3 is 9.64 Å². The van der Waals surface area contributed by atoms with Crippen LogP contribution in [-0.2, 0) is 14.3 Å². The highest BCUT2D eigenvalue weighted by molar-refractivity contribution is 5.77. The molecule has 0 N–H and O–H groups in total. The summed E-state index contributed by atoms with van der Waals surface area (Å²) in [6.07, 6.45) is 1.69. The third kappa shape index (κ3) is 2.25. The van der Waals surface area contributed by atoms with Gasteiger partial charge in [-0.15, -0.1) is 0 Å². The van der Waals surface area contributed by atoms with Crippen LogP contribution in [0.5, 0.6) is 0 Å². The topological polar surface area (TPSA) is 46.6 Å². The zero-order valence-corrected chi connectivity index (χ0v) is 8.95. The zero-order valence-electron chi connectivity index (χ0n) is 8.95. The molecule has 80 valence electrons. The van der Waals surface area contributed by atoms with Gasteiger partial charge in [-0.05, 0) is 19.8 Å². The van der Waals surface area contributed by atoms with Crippen LogP contribution in [0.1, 0.15) is 26.7 Å². The molecule has 0 aromatic rings. The summed E-state index contributed by atoms with van der Waals surface area (Å²) in [5.74, 6) is -0.311. The number of carbonyl (C=O) groups excluding carboxylic acids is 2. The molecule has 0 aliphatic carbocycles. The minimum absolute atomic E-state index is 0.0334. The van der Waals surface area contributed by atoms with Gasteiger partial charge in [0.15, 0.2) is 0 Å². The Kier molecular flexibility index (Phi) is 3.49. The van der Waals surface area contributed by atoms with Crippen molar-refractivity contribution >= 4 is 11.9 Å². The van der Waals surface area contributed by atoms with Crippen LogP contribution in [-0.4, -0.2) is 36.5 Å². The second-order valence-corrected chi connectivity index (χ2v) is 3.82. The largest absolute Gasteiger partial charge is 0.469 e. The number of carbonyl (C=O) groups is 2. The Hall–Kier alpha value is -1.06. The molecule has 0 radical (unpaired) electrons. The molecule has 1 heterocycles. The van der Waals surface area contributed by atoms with E-state index >= 15 is 0 Å². The molecule has 1 aliphatic heterocycles. The number of piperidine rings is 1. The van der Waals surface area contributed by atoms with Crippen LogP contribution in [0.15, 0.2) is 0 Å². The molecule has 1 fully saturated rings. The van der Waals surface area contributed by atoms with Crippen molar-refractivity contribution < 1.29 is 14.3 Å². The minimum Gasteiger partial charge on any atom is -0.469 e. The van der Waals surface area contributed by atoms with E-state index in [9.17, 15) is 9.59 Å². The summed E-state index contributed by atoms with van der Waals surface area (Å²) < 4.78 is 4.68. The van der Waals surface area contributed by atoms with E-state index in [2.05, 4.69) is 4.74 Å². The van der Waals surface area contributed by atoms with Crippen LogP contribution in [0.3, 0.4) is 0 Å². The van der Waals surface area contributed by atoms with Gasteiger partial charge in [0.05, 0.1) is 13.0 Å². The van der Waals surface area contributed by atoms with E-state index in [4.69, 9.17) is 0 Å². The number of amides is 1. The lowest BCUT2D eigenvalue weighted by Crippen LogP contribution is -2.46. The van der Waals surface area contributed by atoms with Gasteiger partial charge in [0.2, 0.25) is 5.91 Å². The first-order chi connectivity index (χ1) is 6.56. The number of nitrogens with zero attached hydrogens (tertiary/aromatic N) is 1. The molecule has 1 amide bonds. The van der Waals surface area contributed by atoms with Gasteiger partial charge in [-0.3, -0.25) is 9.59 Å². The van der Waals surface area contributed by atoms with Crippen molar-refractivity contribution in [3.63, 3.8) is 0 Å². The predicted molar refractivity (Wildman–Crippen MR) is 51.6 cm³/mol. The van der Waals surface area contributed by atoms with E-state index in [1.165, 1.54) is 14.0 Å². The smallest absolute Gasteiger partial charge is 0.310 e. The summed E-state index contributed by atoms with van der Waals surface area (Å²) in [6, 6.07) is 0.244. The number of esters is 1. The van der Waals surface area contributed by atoms with Gasteiger partial charge in [-0.1, -0.05) is 0 Å². The maximum absolute atomic E-state index is 11.3. The minimum atomic E-state index is -0.205. The second kappa shape index (κ2) is 4.44. The lowest BCUT2D eigenvalue weighted by atomic mass is 9.93. The summed E-state index contributed by atoms with van der Waals surface area (Å²) in [6.45, 7) is 4.05. The van der Waals surface area contributed by atoms with Crippen LogP contribution in [0.25, 0.3) is 0 Å². The van der Waals surface area contributed by atoms with E-state index < -0.39 is 0 Å². The molecule has 0 aromatic carbocycles. The highest BCUT2D eigenvalue weighted by Gasteiger charge is 2.31. The van der Waals surface area contributed by atoms with Crippen molar-refractivity contribution in [2.24, 2.45) is 5.92 Å². The molecule has 2 unspecified atom stereocenters. The molecule has 1 aliphatic rings. The molecule has 4 heteroatoms. The van der Waals surface area contributed by atoms with Gasteiger partial charge in [0.25, 0.3) is 0 Å². The van der Waals surface area contributed by atoms with Gasteiger partial charge in [0.1, 0.15) is 0 Å². The van der Waals surface area contributed by atoms with Crippen LogP contribution >= 0.6 is 0 Å². The monoisotopic (exact) mass is 199 g/mol. The fraction of sp³-hybridized carbons (Fsp3) is 0.800. The molecule has 1 rings (SSSR count). The van der Waals surface area contributed by atoms with Gasteiger partial charge in [-0.2, -0.15) is 0 Å². The van der Waals surface area contributed by atoms with Crippen molar-refractivity contribution in [2.75, 3.05) is 13.7 Å². The molecule has 0 bridgehead atoms. The highest BCUT2D eigenvalue weighted by Crippen LogP contribution is 2.22. The number of hydrogen-bond acceptors (Lipinski definition) is 3. The first-order valence-corrected chi connectivity index (χ1v) is 4.91. The standard InChI is InChI=1S/C10H17NO3/c1-7-4-5-9(10(13)14-3)6-11(7)8(2)12/h7,9H,4-6H2,1-3H3. The van der Waals surface area contributed by atoms with E-state index in [-0.39, 0.29) is 23.8 Å². The third-order valence-electron chi connectivity index (χ3n) is 2.82. The average Bonchev–Trinajstić information content (AvgIpc) is 2.17. The summed E-state index contributed by atoms with van der Waals surface area (Å²) in [5.41, 5.74) is 0. The molecule has 2 atom stereocenters. The quantitative estimate of drug-likeness (QED) is 0.587. The Morgan fingerprint density at radius 1 is 1.36 bits per heavy atom. The molecule has 0 saturated carbocycles. The van der Waals surface area contributed by atoms with Crippen molar-refractivity contribution in [2.45, 2.75) is 32.7 Å². The van der Waals surface area contributed by atoms with Crippen molar-refractivity contribution in [3.8, 4) is 0 Å². The summed E-state index contributed by atoms with van der Waals surface area (Å²) in [5, 5.41) is 0. The summed E-state index contributed by atoms with van der Waals surface area (Å²) >= 11 is 0. The van der Waals surface area contributed by atoms with E-state index in [1.54, 1.807) is 4.90 Å². The zero-order chi connectivity index (χ0) is 10.7. The Morgan fingerprint density at radius 3 is 2.50 bits per heavy atom. The number of rotatable bonds is 1. The first-order valence-electron chi connectivity index (χ1n) is 4.91. The molecule has 0 aromatic heterocycles. The first kappa shape index (κ1) is 11.0. The van der Waals surface area contributed by atoms with Crippen molar-refractivity contribution in [3.05, 3.63) is 0 Å². The maximum Gasteiger partial charge on any atom is 0.310 e. The predicted octanol–water partition coefficient (Wildman–Crippen LogP) is 0.806. The van der Waals surface area contributed by atoms with E-state index in [0.717, 1.165) is 12.8 Å². The maximum atomic E-state index is 11.3. The van der Waals surface area contributed by atoms with Crippen LogP contribution < -0.4 is 0 Å². The lowest BCUT2D eigenvalue weighted by molar-refractivity contribution is -0.149. The molecule has 0 spiro atoms. The summed E-state index contributed by atoms with van der Waals surface area (Å²) in [4.78, 5) is 24.3. The SMILES string of the molecule is COC(=O)C1CCC(C)N(C(C)=O)C1. The van der Waals surface area contributed by atoms with Crippen molar-refractivity contribution in [1.29, 1.82) is 0 Å². The fourth-order valence-electron chi connectivity index (χ4n) is 1.90. The Morgan fingerprint density at radius 2 is 2.00 bits per heavy atom. The van der Waals surface area contributed by atoms with Gasteiger partial charge in [0, 0.05) is 19.5 Å². The fourth-order valence-corrected chi connectivity index (χ4v) is 1.90. The van der Waals surface area contributed by atoms with Gasteiger partial charge >= 0.3 is 5.97 Å². The molecule has 14 heavy (non-hydrogen) atoms. The Balaban J connectivity index is 2.62. The van der Waals surface area contributed by atoms with Gasteiger partial charge in [-0.25, -0.2) is 0 Å². The second-order valence-electron chi connectivity index (χ2n) is 3.82. The van der Waals surface area contributed by atoms with Crippen molar-refractivity contribution in [1.82, 2.24) is 4.90 Å². The van der Waals surface area contributed by atoms with Crippen LogP contribution in [0.4, 0.5) is 0 Å².